The van der Waals surface area contributed by atoms with Gasteiger partial charge in [-0.1, -0.05) is 47.0 Å². The molecule has 0 aromatic heterocycles. The van der Waals surface area contributed by atoms with E-state index in [4.69, 9.17) is 28.4 Å². The van der Waals surface area contributed by atoms with Crippen LogP contribution in [0.15, 0.2) is 25.4 Å². The SMILES string of the molecule is COCCOCOC[C@@H]1CSC2=C(S/C(=C3/SC4=C(S3)S[C@H](COCOCCOC)CS4)S2)S1. The Morgan fingerprint density at radius 3 is 1.44 bits per heavy atom. The molecule has 4 heterocycles. The molecule has 0 spiro atoms. The van der Waals surface area contributed by atoms with Gasteiger partial charge in [0.25, 0.3) is 0 Å². The Bertz CT molecular complexity index is 714. The van der Waals surface area contributed by atoms with E-state index in [2.05, 4.69) is 0 Å². The maximum absolute atomic E-state index is 5.71. The predicted octanol–water partition coefficient (Wildman–Crippen LogP) is 6.30. The fourth-order valence-corrected chi connectivity index (χ4v) is 15.6. The van der Waals surface area contributed by atoms with Crippen molar-refractivity contribution in [3.8, 4) is 0 Å². The highest BCUT2D eigenvalue weighted by Crippen LogP contribution is 2.68. The Balaban J connectivity index is 1.17. The molecule has 0 bridgehead atoms. The first-order valence-corrected chi connectivity index (χ1v) is 17.6. The van der Waals surface area contributed by atoms with Crippen molar-refractivity contribution in [1.29, 1.82) is 0 Å². The normalized spacial score (nSPS) is 27.0. The van der Waals surface area contributed by atoms with Crippen LogP contribution in [0.3, 0.4) is 0 Å². The quantitative estimate of drug-likeness (QED) is 0.161. The van der Waals surface area contributed by atoms with Crippen LogP contribution in [0.1, 0.15) is 0 Å². The molecule has 0 unspecified atom stereocenters. The summed E-state index contributed by atoms with van der Waals surface area (Å²) in [5.41, 5.74) is 0. The third kappa shape index (κ3) is 8.92. The standard InChI is InChI=1S/C20H28O6S8/c1-21-3-5-23-11-25-7-13-9-27-15-17(29-13)33-19(31-15)20-32-16-18(34-20)30-14(10-28-16)8-26-12-24-6-4-22-2/h13-14H,3-12H2,1-2H3/b20-19-/t13-,14-/m1/s1. The summed E-state index contributed by atoms with van der Waals surface area (Å²) in [5, 5.41) is 0.931. The molecule has 2 atom stereocenters. The second-order valence-corrected chi connectivity index (χ2v) is 17.3. The molecule has 0 amide bonds. The van der Waals surface area contributed by atoms with Crippen molar-refractivity contribution in [2.45, 2.75) is 10.5 Å². The van der Waals surface area contributed by atoms with Crippen molar-refractivity contribution >= 4 is 94.1 Å². The molecule has 0 fully saturated rings. The summed E-state index contributed by atoms with van der Waals surface area (Å²) in [6.07, 6.45) is 0. The van der Waals surface area contributed by atoms with Gasteiger partial charge in [0, 0.05) is 36.2 Å². The van der Waals surface area contributed by atoms with Gasteiger partial charge in [-0.15, -0.1) is 47.0 Å². The Hall–Kier alpha value is 1.78. The van der Waals surface area contributed by atoms with Gasteiger partial charge in [-0.3, -0.25) is 0 Å². The maximum Gasteiger partial charge on any atom is 0.146 e. The molecule has 4 aliphatic rings. The van der Waals surface area contributed by atoms with Gasteiger partial charge in [-0.2, -0.15) is 0 Å². The van der Waals surface area contributed by atoms with E-state index < -0.39 is 0 Å². The number of hydrogen-bond acceptors (Lipinski definition) is 14. The zero-order chi connectivity index (χ0) is 23.6. The van der Waals surface area contributed by atoms with Gasteiger partial charge in [0.2, 0.25) is 0 Å². The van der Waals surface area contributed by atoms with Crippen molar-refractivity contribution in [2.24, 2.45) is 0 Å². The fourth-order valence-electron chi connectivity index (χ4n) is 2.78. The Morgan fingerprint density at radius 2 is 1.00 bits per heavy atom. The predicted molar refractivity (Wildman–Crippen MR) is 156 cm³/mol. The average Bonchev–Trinajstić information content (AvgIpc) is 3.47. The molecule has 0 radical (unpaired) electrons. The Kier molecular flexibility index (Phi) is 13.6. The Morgan fingerprint density at radius 1 is 0.559 bits per heavy atom. The van der Waals surface area contributed by atoms with Crippen LogP contribution >= 0.6 is 94.1 Å². The molecule has 34 heavy (non-hydrogen) atoms. The lowest BCUT2D eigenvalue weighted by Crippen LogP contribution is -2.18. The average molecular weight is 621 g/mol. The molecule has 0 N–H and O–H groups in total. The number of rotatable bonds is 14. The fraction of sp³-hybridized carbons (Fsp3) is 0.700. The second-order valence-electron chi connectivity index (χ2n) is 7.01. The maximum atomic E-state index is 5.71. The Labute approximate surface area is 235 Å². The van der Waals surface area contributed by atoms with Crippen LogP contribution in [-0.2, 0) is 28.4 Å². The summed E-state index contributed by atoms with van der Waals surface area (Å²) in [5.74, 6) is 2.16. The third-order valence-electron chi connectivity index (χ3n) is 4.39. The zero-order valence-electron chi connectivity index (χ0n) is 18.9. The van der Waals surface area contributed by atoms with E-state index >= 15 is 0 Å². The minimum absolute atomic E-state index is 0.334. The summed E-state index contributed by atoms with van der Waals surface area (Å²) >= 11 is 15.6. The zero-order valence-corrected chi connectivity index (χ0v) is 25.5. The van der Waals surface area contributed by atoms with Crippen molar-refractivity contribution in [3.63, 3.8) is 0 Å². The number of methoxy groups -OCH3 is 2. The van der Waals surface area contributed by atoms with Gasteiger partial charge in [-0.05, 0) is 0 Å². The van der Waals surface area contributed by atoms with Crippen LogP contribution in [0, 0.1) is 0 Å². The molecule has 0 aromatic rings. The van der Waals surface area contributed by atoms with Gasteiger partial charge in [-0.25, -0.2) is 0 Å². The summed E-state index contributed by atoms with van der Waals surface area (Å²) in [4.78, 5) is 0. The van der Waals surface area contributed by atoms with E-state index in [1.54, 1.807) is 14.2 Å². The van der Waals surface area contributed by atoms with Crippen LogP contribution in [0.25, 0.3) is 0 Å². The number of hydrogen-bond donors (Lipinski definition) is 0. The first-order valence-electron chi connectivity index (χ1n) is 10.6. The smallest absolute Gasteiger partial charge is 0.146 e. The van der Waals surface area contributed by atoms with Crippen LogP contribution in [0.5, 0.6) is 0 Å². The van der Waals surface area contributed by atoms with Crippen molar-refractivity contribution in [3.05, 3.63) is 25.4 Å². The topological polar surface area (TPSA) is 55.4 Å². The molecular weight excluding hydrogens is 593 g/mol. The molecule has 14 heteroatoms. The van der Waals surface area contributed by atoms with E-state index in [1.807, 2.05) is 94.1 Å². The minimum atomic E-state index is 0.334. The molecule has 0 aliphatic carbocycles. The number of thioether (sulfide) groups is 8. The second kappa shape index (κ2) is 16.0. The minimum Gasteiger partial charge on any atom is -0.382 e. The molecule has 4 rings (SSSR count). The third-order valence-corrected chi connectivity index (χ3v) is 16.9. The van der Waals surface area contributed by atoms with Crippen molar-refractivity contribution in [2.75, 3.05) is 79.0 Å². The van der Waals surface area contributed by atoms with Gasteiger partial charge < -0.3 is 28.4 Å². The lowest BCUT2D eigenvalue weighted by atomic mass is 10.5. The van der Waals surface area contributed by atoms with Crippen molar-refractivity contribution in [1.82, 2.24) is 0 Å². The first kappa shape index (κ1) is 28.8. The monoisotopic (exact) mass is 620 g/mol. The van der Waals surface area contributed by atoms with Gasteiger partial charge in [0.15, 0.2) is 0 Å². The van der Waals surface area contributed by atoms with Crippen LogP contribution < -0.4 is 0 Å². The van der Waals surface area contributed by atoms with Gasteiger partial charge >= 0.3 is 0 Å². The van der Waals surface area contributed by atoms with Gasteiger partial charge in [0.1, 0.15) is 13.6 Å². The van der Waals surface area contributed by atoms with E-state index in [-0.39, 0.29) is 0 Å². The largest absolute Gasteiger partial charge is 0.382 e. The molecule has 192 valence electrons. The molecule has 4 aliphatic heterocycles. The van der Waals surface area contributed by atoms with E-state index in [0.717, 1.165) is 11.5 Å². The van der Waals surface area contributed by atoms with Crippen LogP contribution in [0.2, 0.25) is 0 Å². The molecule has 0 aromatic carbocycles. The summed E-state index contributed by atoms with van der Waals surface area (Å²) < 4.78 is 40.8. The molecule has 0 saturated carbocycles. The number of ether oxygens (including phenoxy) is 6. The van der Waals surface area contributed by atoms with E-state index in [1.165, 1.54) is 25.4 Å². The van der Waals surface area contributed by atoms with Crippen LogP contribution in [-0.4, -0.2) is 89.5 Å². The first-order chi connectivity index (χ1) is 16.8. The van der Waals surface area contributed by atoms with Gasteiger partial charge in [0.05, 0.1) is 65.1 Å². The highest BCUT2D eigenvalue weighted by Gasteiger charge is 2.36. The highest BCUT2D eigenvalue weighted by atomic mass is 32.3. The highest BCUT2D eigenvalue weighted by molar-refractivity contribution is 8.45. The molecular formula is C20H28O6S8. The summed E-state index contributed by atoms with van der Waals surface area (Å²) in [7, 11) is 3.35. The lowest BCUT2D eigenvalue weighted by molar-refractivity contribution is -0.0643. The molecule has 6 nitrogen and oxygen atoms in total. The van der Waals surface area contributed by atoms with Crippen molar-refractivity contribution < 1.29 is 28.4 Å². The van der Waals surface area contributed by atoms with Crippen LogP contribution in [0.4, 0.5) is 0 Å². The lowest BCUT2D eigenvalue weighted by Gasteiger charge is -2.21. The van der Waals surface area contributed by atoms with E-state index in [9.17, 15) is 0 Å². The van der Waals surface area contributed by atoms with E-state index in [0.29, 0.717) is 63.7 Å². The summed E-state index contributed by atoms with van der Waals surface area (Å²) in [6, 6.07) is 0. The summed E-state index contributed by atoms with van der Waals surface area (Å²) in [6.45, 7) is 4.44. The molecule has 0 saturated heterocycles.